The molecule has 2 unspecified atom stereocenters. The summed E-state index contributed by atoms with van der Waals surface area (Å²) in [7, 11) is 2.10. The Morgan fingerprint density at radius 2 is 2.06 bits per heavy atom. The molecule has 0 radical (unpaired) electrons. The van der Waals surface area contributed by atoms with Crippen LogP contribution >= 0.6 is 11.3 Å². The number of piperazine rings is 1. The lowest BCUT2D eigenvalue weighted by Crippen LogP contribution is -2.56. The molecule has 1 amide bonds. The zero-order valence-corrected chi connectivity index (χ0v) is 12.2. The van der Waals surface area contributed by atoms with Gasteiger partial charge in [0.2, 0.25) is 5.01 Å². The van der Waals surface area contributed by atoms with E-state index in [1.54, 1.807) is 0 Å². The number of amides is 1. The molecule has 100 valence electrons. The predicted octanol–water partition coefficient (Wildman–Crippen LogP) is 1.27. The molecule has 0 spiro atoms. The number of hydrogen-bond acceptors (Lipinski definition) is 5. The number of aromatic nitrogens is 2. The van der Waals surface area contributed by atoms with Gasteiger partial charge in [0.15, 0.2) is 0 Å². The van der Waals surface area contributed by atoms with Gasteiger partial charge in [-0.15, -0.1) is 10.2 Å². The number of carbonyl (C=O) groups excluding carboxylic acids is 1. The summed E-state index contributed by atoms with van der Waals surface area (Å²) in [4.78, 5) is 16.6. The van der Waals surface area contributed by atoms with E-state index in [1.807, 2.05) is 11.8 Å². The molecule has 0 aromatic carbocycles. The van der Waals surface area contributed by atoms with Crippen LogP contribution in [0.4, 0.5) is 0 Å². The quantitative estimate of drug-likeness (QED) is 0.810. The van der Waals surface area contributed by atoms with Crippen molar-refractivity contribution in [3.05, 3.63) is 10.0 Å². The van der Waals surface area contributed by atoms with Crippen molar-refractivity contribution >= 4 is 17.2 Å². The van der Waals surface area contributed by atoms with Crippen LogP contribution < -0.4 is 0 Å². The summed E-state index contributed by atoms with van der Waals surface area (Å²) in [6.07, 6.45) is 0.833. The minimum absolute atomic E-state index is 0.0275. The van der Waals surface area contributed by atoms with E-state index in [0.29, 0.717) is 11.0 Å². The summed E-state index contributed by atoms with van der Waals surface area (Å²) in [6.45, 7) is 7.92. The van der Waals surface area contributed by atoms with Crippen molar-refractivity contribution in [1.82, 2.24) is 20.0 Å². The molecular weight excluding hydrogens is 248 g/mol. The lowest BCUT2D eigenvalue weighted by atomic mass is 10.1. The van der Waals surface area contributed by atoms with Gasteiger partial charge in [-0.05, 0) is 27.3 Å². The molecule has 0 bridgehead atoms. The minimum Gasteiger partial charge on any atom is -0.331 e. The van der Waals surface area contributed by atoms with Crippen LogP contribution in [0.1, 0.15) is 35.6 Å². The molecule has 0 aliphatic carbocycles. The summed E-state index contributed by atoms with van der Waals surface area (Å²) in [5, 5.41) is 9.47. The van der Waals surface area contributed by atoms with Crippen LogP contribution in [-0.2, 0) is 6.42 Å². The highest BCUT2D eigenvalue weighted by Gasteiger charge is 2.32. The molecule has 2 atom stereocenters. The third-order valence-electron chi connectivity index (χ3n) is 3.51. The van der Waals surface area contributed by atoms with Gasteiger partial charge < -0.3 is 4.90 Å². The highest BCUT2D eigenvalue weighted by Crippen LogP contribution is 2.19. The van der Waals surface area contributed by atoms with E-state index in [0.717, 1.165) is 24.5 Å². The van der Waals surface area contributed by atoms with E-state index >= 15 is 0 Å². The Balaban J connectivity index is 2.13. The van der Waals surface area contributed by atoms with Gasteiger partial charge in [-0.3, -0.25) is 9.69 Å². The first kappa shape index (κ1) is 13.4. The van der Waals surface area contributed by atoms with Crippen molar-refractivity contribution in [3.8, 4) is 0 Å². The summed E-state index contributed by atoms with van der Waals surface area (Å²) in [5.41, 5.74) is 0. The Labute approximate surface area is 112 Å². The Kier molecular flexibility index (Phi) is 3.97. The first-order chi connectivity index (χ1) is 8.52. The maximum absolute atomic E-state index is 12.4. The van der Waals surface area contributed by atoms with Crippen LogP contribution in [-0.4, -0.2) is 58.1 Å². The van der Waals surface area contributed by atoms with Crippen LogP contribution in [0.3, 0.4) is 0 Å². The molecule has 2 rings (SSSR count). The molecule has 1 saturated heterocycles. The van der Waals surface area contributed by atoms with Gasteiger partial charge in [-0.2, -0.15) is 0 Å². The smallest absolute Gasteiger partial charge is 0.285 e. The lowest BCUT2D eigenvalue weighted by molar-refractivity contribution is 0.0396. The highest BCUT2D eigenvalue weighted by atomic mass is 32.1. The van der Waals surface area contributed by atoms with Gasteiger partial charge >= 0.3 is 0 Å². The van der Waals surface area contributed by atoms with Crippen molar-refractivity contribution in [3.63, 3.8) is 0 Å². The molecule has 1 aromatic rings. The average molecular weight is 268 g/mol. The van der Waals surface area contributed by atoms with Crippen molar-refractivity contribution in [1.29, 1.82) is 0 Å². The zero-order chi connectivity index (χ0) is 13.3. The van der Waals surface area contributed by atoms with Crippen molar-refractivity contribution < 1.29 is 4.79 Å². The van der Waals surface area contributed by atoms with Crippen LogP contribution in [0.25, 0.3) is 0 Å². The molecule has 1 aliphatic heterocycles. The number of nitrogens with zero attached hydrogens (tertiary/aromatic N) is 4. The van der Waals surface area contributed by atoms with Gasteiger partial charge in [-0.25, -0.2) is 0 Å². The fourth-order valence-electron chi connectivity index (χ4n) is 2.19. The monoisotopic (exact) mass is 268 g/mol. The van der Waals surface area contributed by atoms with E-state index < -0.39 is 0 Å². The second kappa shape index (κ2) is 5.32. The van der Waals surface area contributed by atoms with Gasteiger partial charge in [0.05, 0.1) is 0 Å². The van der Waals surface area contributed by atoms with E-state index in [2.05, 4.69) is 36.0 Å². The molecule has 0 N–H and O–H groups in total. The maximum Gasteiger partial charge on any atom is 0.285 e. The fourth-order valence-corrected chi connectivity index (χ4v) is 2.92. The minimum atomic E-state index is 0.0275. The number of hydrogen-bond donors (Lipinski definition) is 0. The van der Waals surface area contributed by atoms with Gasteiger partial charge in [0, 0.05) is 25.2 Å². The van der Waals surface area contributed by atoms with E-state index in [-0.39, 0.29) is 11.9 Å². The number of likely N-dealkylation sites (N-methyl/N-ethyl adjacent to an activating group) is 1. The predicted molar refractivity (Wildman–Crippen MR) is 71.9 cm³/mol. The molecular formula is C12H20N4OS. The molecule has 1 aliphatic rings. The molecule has 0 saturated carbocycles. The van der Waals surface area contributed by atoms with Crippen molar-refractivity contribution in [2.75, 3.05) is 20.1 Å². The molecule has 1 fully saturated rings. The SMILES string of the molecule is CCc1nnc(C(=O)N2CC(C)N(C)CC2C)s1. The highest BCUT2D eigenvalue weighted by molar-refractivity contribution is 7.13. The molecule has 1 aromatic heterocycles. The lowest BCUT2D eigenvalue weighted by Gasteiger charge is -2.42. The van der Waals surface area contributed by atoms with Gasteiger partial charge in [0.25, 0.3) is 5.91 Å². The Bertz CT molecular complexity index is 433. The summed E-state index contributed by atoms with van der Waals surface area (Å²) in [5.74, 6) is 0.0275. The van der Waals surface area contributed by atoms with E-state index in [4.69, 9.17) is 0 Å². The van der Waals surface area contributed by atoms with Crippen molar-refractivity contribution in [2.24, 2.45) is 0 Å². The standard InChI is InChI=1S/C12H20N4OS/c1-5-10-13-14-11(18-10)12(17)16-7-8(2)15(4)6-9(16)3/h8-9H,5-7H2,1-4H3. The second-order valence-corrected chi connectivity index (χ2v) is 6.01. The van der Waals surface area contributed by atoms with Crippen LogP contribution in [0, 0.1) is 0 Å². The summed E-state index contributed by atoms with van der Waals surface area (Å²) >= 11 is 1.41. The third kappa shape index (κ3) is 2.54. The average Bonchev–Trinajstić information content (AvgIpc) is 2.81. The second-order valence-electron chi connectivity index (χ2n) is 4.95. The number of aryl methyl sites for hydroxylation is 1. The Morgan fingerprint density at radius 3 is 2.67 bits per heavy atom. The summed E-state index contributed by atoms with van der Waals surface area (Å²) < 4.78 is 0. The number of carbonyl (C=O) groups is 1. The number of rotatable bonds is 2. The molecule has 5 nitrogen and oxygen atoms in total. The van der Waals surface area contributed by atoms with Gasteiger partial charge in [-0.1, -0.05) is 18.3 Å². The van der Waals surface area contributed by atoms with Crippen LogP contribution in [0.5, 0.6) is 0 Å². The Morgan fingerprint density at radius 1 is 1.33 bits per heavy atom. The molecule has 2 heterocycles. The van der Waals surface area contributed by atoms with Crippen LogP contribution in [0.2, 0.25) is 0 Å². The molecule has 6 heteroatoms. The molecule has 18 heavy (non-hydrogen) atoms. The largest absolute Gasteiger partial charge is 0.331 e. The van der Waals surface area contributed by atoms with E-state index in [1.165, 1.54) is 11.3 Å². The first-order valence-electron chi connectivity index (χ1n) is 6.36. The van der Waals surface area contributed by atoms with Crippen molar-refractivity contribution in [2.45, 2.75) is 39.3 Å². The maximum atomic E-state index is 12.4. The zero-order valence-electron chi connectivity index (χ0n) is 11.4. The Hall–Kier alpha value is -1.01. The normalized spacial score (nSPS) is 25.4. The van der Waals surface area contributed by atoms with Crippen LogP contribution in [0.15, 0.2) is 0 Å². The van der Waals surface area contributed by atoms with E-state index in [9.17, 15) is 4.79 Å². The topological polar surface area (TPSA) is 49.3 Å². The third-order valence-corrected chi connectivity index (χ3v) is 4.57. The first-order valence-corrected chi connectivity index (χ1v) is 7.18. The fraction of sp³-hybridized carbons (Fsp3) is 0.750. The summed E-state index contributed by atoms with van der Waals surface area (Å²) in [6, 6.07) is 0.622. The van der Waals surface area contributed by atoms with Gasteiger partial charge in [0.1, 0.15) is 5.01 Å².